The summed E-state index contributed by atoms with van der Waals surface area (Å²) in [7, 11) is 0. The molecule has 33 heavy (non-hydrogen) atoms. The first-order valence-corrected chi connectivity index (χ1v) is 11.1. The monoisotopic (exact) mass is 504 g/mol. The molecule has 0 radical (unpaired) electrons. The topological polar surface area (TPSA) is 97.8 Å². The maximum Gasteiger partial charge on any atom is 0.387 e. The summed E-state index contributed by atoms with van der Waals surface area (Å²) in [6.45, 7) is -2.81. The van der Waals surface area contributed by atoms with Crippen LogP contribution in [0, 0.1) is 0 Å². The molecule has 1 heterocycles. The number of hydrogen-bond acceptors (Lipinski definition) is 5. The molecule has 11 heteroatoms. The third kappa shape index (κ3) is 9.39. The van der Waals surface area contributed by atoms with Crippen LogP contribution in [0.2, 0.25) is 10.0 Å². The van der Waals surface area contributed by atoms with Crippen LogP contribution in [0.4, 0.5) is 14.5 Å². The number of carbonyl (C=O) groups is 2. The molecule has 1 aromatic heterocycles. The minimum Gasteiger partial charge on any atom is -0.490 e. The Labute approximate surface area is 200 Å². The summed E-state index contributed by atoms with van der Waals surface area (Å²) in [5.41, 5.74) is 0.311. The van der Waals surface area contributed by atoms with Crippen LogP contribution in [-0.4, -0.2) is 35.2 Å². The second-order valence-electron chi connectivity index (χ2n) is 7.09. The molecular weight excluding hydrogens is 481 g/mol. The molecule has 0 atom stereocenters. The van der Waals surface area contributed by atoms with Gasteiger partial charge in [-0.3, -0.25) is 14.6 Å². The fourth-order valence-corrected chi connectivity index (χ4v) is 3.40. The van der Waals surface area contributed by atoms with Crippen LogP contribution in [0.1, 0.15) is 55.3 Å². The molecule has 0 aliphatic carbocycles. The highest BCUT2D eigenvalue weighted by Gasteiger charge is 2.17. The molecule has 0 unspecified atom stereocenters. The van der Waals surface area contributed by atoms with E-state index in [1.54, 1.807) is 0 Å². The quantitative estimate of drug-likeness (QED) is 0.287. The number of halogens is 4. The first-order valence-electron chi connectivity index (χ1n) is 10.3. The van der Waals surface area contributed by atoms with E-state index in [0.717, 1.165) is 25.7 Å². The average Bonchev–Trinajstić information content (AvgIpc) is 2.75. The van der Waals surface area contributed by atoms with E-state index >= 15 is 0 Å². The third-order valence-corrected chi connectivity index (χ3v) is 5.13. The van der Waals surface area contributed by atoms with E-state index in [9.17, 15) is 18.4 Å². The van der Waals surface area contributed by atoms with Gasteiger partial charge in [-0.15, -0.1) is 0 Å². The van der Waals surface area contributed by atoms with E-state index in [2.05, 4.69) is 15.0 Å². The Morgan fingerprint density at radius 3 is 2.27 bits per heavy atom. The Kier molecular flexibility index (Phi) is 11.1. The number of anilines is 1. The van der Waals surface area contributed by atoms with Gasteiger partial charge >= 0.3 is 12.6 Å². The Bertz CT molecular complexity index is 927. The van der Waals surface area contributed by atoms with Crippen molar-refractivity contribution in [3.8, 4) is 11.5 Å². The lowest BCUT2D eigenvalue weighted by molar-refractivity contribution is -0.137. The maximum absolute atomic E-state index is 12.7. The van der Waals surface area contributed by atoms with Crippen LogP contribution in [0.3, 0.4) is 0 Å². The summed E-state index contributed by atoms with van der Waals surface area (Å²) in [6, 6.07) is 3.86. The second-order valence-corrected chi connectivity index (χ2v) is 7.90. The highest BCUT2D eigenvalue weighted by molar-refractivity contribution is 6.39. The number of rotatable bonds is 14. The van der Waals surface area contributed by atoms with Crippen molar-refractivity contribution < 1.29 is 33.0 Å². The van der Waals surface area contributed by atoms with Crippen molar-refractivity contribution in [2.75, 3.05) is 11.9 Å². The van der Waals surface area contributed by atoms with Crippen molar-refractivity contribution in [1.29, 1.82) is 0 Å². The van der Waals surface area contributed by atoms with E-state index in [1.165, 1.54) is 30.6 Å². The minimum absolute atomic E-state index is 0.0105. The molecule has 0 spiro atoms. The Morgan fingerprint density at radius 2 is 1.64 bits per heavy atom. The number of carboxylic acids is 1. The van der Waals surface area contributed by atoms with Crippen molar-refractivity contribution in [2.24, 2.45) is 0 Å². The van der Waals surface area contributed by atoms with Crippen molar-refractivity contribution in [2.45, 2.75) is 51.6 Å². The number of amides is 1. The van der Waals surface area contributed by atoms with E-state index in [4.69, 9.17) is 33.0 Å². The van der Waals surface area contributed by atoms with Crippen molar-refractivity contribution >= 4 is 40.8 Å². The lowest BCUT2D eigenvalue weighted by atomic mass is 10.1. The molecule has 1 aromatic carbocycles. The van der Waals surface area contributed by atoms with E-state index in [0.29, 0.717) is 12.8 Å². The molecule has 7 nitrogen and oxygen atoms in total. The van der Waals surface area contributed by atoms with Gasteiger partial charge in [0.25, 0.3) is 5.91 Å². The fraction of sp³-hybridized carbons (Fsp3) is 0.409. The highest BCUT2D eigenvalue weighted by atomic mass is 35.5. The minimum atomic E-state index is -3.05. The normalized spacial score (nSPS) is 10.8. The molecule has 2 rings (SSSR count). The summed E-state index contributed by atoms with van der Waals surface area (Å²) in [5.74, 6) is -1.54. The number of pyridine rings is 1. The van der Waals surface area contributed by atoms with E-state index in [-0.39, 0.29) is 45.8 Å². The molecule has 180 valence electrons. The predicted octanol–water partition coefficient (Wildman–Crippen LogP) is 6.44. The van der Waals surface area contributed by atoms with Gasteiger partial charge in [-0.25, -0.2) is 0 Å². The Hall–Kier alpha value is -2.65. The Balaban J connectivity index is 1.94. The zero-order valence-corrected chi connectivity index (χ0v) is 19.2. The van der Waals surface area contributed by atoms with Crippen molar-refractivity contribution in [1.82, 2.24) is 4.98 Å². The Morgan fingerprint density at radius 1 is 1.00 bits per heavy atom. The molecule has 0 aliphatic rings. The van der Waals surface area contributed by atoms with Crippen LogP contribution in [0.15, 0.2) is 30.6 Å². The number of unbranched alkanes of at least 4 members (excludes halogenated alkanes) is 5. The smallest absolute Gasteiger partial charge is 0.387 e. The van der Waals surface area contributed by atoms with Gasteiger partial charge in [-0.05, 0) is 31.0 Å². The van der Waals surface area contributed by atoms with Gasteiger partial charge in [0.05, 0.1) is 22.3 Å². The number of aromatic nitrogens is 1. The molecule has 0 fully saturated rings. The standard InChI is InChI=1S/C22H24Cl2F2N2O5/c23-15-12-27-13-16(24)20(15)28-21(31)14-8-9-17(33-22(25)26)18(11-14)32-10-6-4-2-1-3-5-7-19(29)30/h8-9,11-13,22H,1-7,10H2,(H,29,30)(H,27,28,31). The lowest BCUT2D eigenvalue weighted by Gasteiger charge is -2.14. The molecule has 0 saturated carbocycles. The van der Waals surface area contributed by atoms with Gasteiger partial charge in [0.15, 0.2) is 11.5 Å². The predicted molar refractivity (Wildman–Crippen MR) is 121 cm³/mol. The van der Waals surface area contributed by atoms with Gasteiger partial charge in [0.2, 0.25) is 0 Å². The summed E-state index contributed by atoms with van der Waals surface area (Å²) in [4.78, 5) is 26.9. The van der Waals surface area contributed by atoms with Crippen LogP contribution >= 0.6 is 23.2 Å². The molecule has 0 saturated heterocycles. The molecule has 2 aromatic rings. The van der Waals surface area contributed by atoms with Crippen LogP contribution in [-0.2, 0) is 4.79 Å². The number of benzene rings is 1. The fourth-order valence-electron chi connectivity index (χ4n) is 2.94. The number of hydrogen-bond donors (Lipinski definition) is 2. The summed E-state index contributed by atoms with van der Waals surface area (Å²) < 4.78 is 35.6. The first-order chi connectivity index (χ1) is 15.8. The zero-order chi connectivity index (χ0) is 24.2. The van der Waals surface area contributed by atoms with Gasteiger partial charge < -0.3 is 19.9 Å². The number of nitrogens with zero attached hydrogens (tertiary/aromatic N) is 1. The number of carboxylic acid groups (broad SMARTS) is 1. The molecule has 0 aliphatic heterocycles. The van der Waals surface area contributed by atoms with Gasteiger partial charge in [-0.2, -0.15) is 8.78 Å². The van der Waals surface area contributed by atoms with Crippen LogP contribution in [0.25, 0.3) is 0 Å². The molecular formula is C22H24Cl2F2N2O5. The third-order valence-electron chi connectivity index (χ3n) is 4.56. The van der Waals surface area contributed by atoms with Gasteiger partial charge in [0.1, 0.15) is 0 Å². The number of ether oxygens (including phenoxy) is 2. The van der Waals surface area contributed by atoms with Crippen molar-refractivity contribution in [3.05, 3.63) is 46.2 Å². The van der Waals surface area contributed by atoms with E-state index < -0.39 is 18.5 Å². The van der Waals surface area contributed by atoms with Crippen LogP contribution < -0.4 is 14.8 Å². The lowest BCUT2D eigenvalue weighted by Crippen LogP contribution is -2.14. The largest absolute Gasteiger partial charge is 0.490 e. The van der Waals surface area contributed by atoms with Gasteiger partial charge in [-0.1, -0.05) is 48.9 Å². The SMILES string of the molecule is O=C(O)CCCCCCCCOc1cc(C(=O)Nc2c(Cl)cncc2Cl)ccc1OC(F)F. The highest BCUT2D eigenvalue weighted by Crippen LogP contribution is 2.32. The summed E-state index contributed by atoms with van der Waals surface area (Å²) in [6.07, 6.45) is 7.59. The number of carbonyl (C=O) groups excluding carboxylic acids is 1. The van der Waals surface area contributed by atoms with Crippen LogP contribution in [0.5, 0.6) is 11.5 Å². The average molecular weight is 505 g/mol. The summed E-state index contributed by atoms with van der Waals surface area (Å²) in [5, 5.41) is 11.5. The number of alkyl halides is 2. The number of nitrogens with one attached hydrogen (secondary N) is 1. The zero-order valence-electron chi connectivity index (χ0n) is 17.7. The first kappa shape index (κ1) is 26.6. The van der Waals surface area contributed by atoms with Gasteiger partial charge in [0, 0.05) is 24.4 Å². The molecule has 2 N–H and O–H groups in total. The van der Waals surface area contributed by atoms with E-state index in [1.807, 2.05) is 0 Å². The van der Waals surface area contributed by atoms with Crippen molar-refractivity contribution in [3.63, 3.8) is 0 Å². The maximum atomic E-state index is 12.7. The molecule has 0 bridgehead atoms. The second kappa shape index (κ2) is 13.8. The molecule has 1 amide bonds. The summed E-state index contributed by atoms with van der Waals surface area (Å²) >= 11 is 12.0. The number of aliphatic carboxylic acids is 1.